The zero-order valence-electron chi connectivity index (χ0n) is 24.4. The van der Waals surface area contributed by atoms with E-state index in [0.717, 1.165) is 34.6 Å². The Morgan fingerprint density at radius 3 is 2.30 bits per heavy atom. The van der Waals surface area contributed by atoms with E-state index in [9.17, 15) is 27.6 Å². The molecule has 0 amide bonds. The molecule has 0 saturated heterocycles. The van der Waals surface area contributed by atoms with Crippen LogP contribution in [-0.4, -0.2) is 32.5 Å². The third-order valence-corrected chi connectivity index (χ3v) is 7.48. The number of Topliss-reactive ketones (excluding diaryl/α,β-unsaturated/α-hetero) is 1. The average Bonchev–Trinajstić information content (AvgIpc) is 3.30. The third-order valence-electron chi connectivity index (χ3n) is 7.48. The first kappa shape index (κ1) is 30.5. The lowest BCUT2D eigenvalue weighted by Crippen LogP contribution is -2.27. The number of halogens is 3. The van der Waals surface area contributed by atoms with Gasteiger partial charge < -0.3 is 13.9 Å². The van der Waals surface area contributed by atoms with Gasteiger partial charge in [0.15, 0.2) is 6.61 Å². The number of aryl methyl sites for hydroxylation is 3. The Morgan fingerprint density at radius 2 is 1.61 bits per heavy atom. The molecule has 0 aliphatic rings. The van der Waals surface area contributed by atoms with E-state index >= 15 is 0 Å². The fourth-order valence-electron chi connectivity index (χ4n) is 5.21. The molecule has 3 aromatic carbocycles. The van der Waals surface area contributed by atoms with E-state index in [-0.39, 0.29) is 41.9 Å². The molecule has 0 aliphatic heterocycles. The van der Waals surface area contributed by atoms with Gasteiger partial charge in [-0.1, -0.05) is 48.0 Å². The lowest BCUT2D eigenvalue weighted by molar-refractivity contribution is -0.142. The molecule has 44 heavy (non-hydrogen) atoms. The van der Waals surface area contributed by atoms with E-state index in [2.05, 4.69) is 4.98 Å². The van der Waals surface area contributed by atoms with Gasteiger partial charge in [-0.3, -0.25) is 14.4 Å². The second-order valence-corrected chi connectivity index (χ2v) is 10.7. The largest absolute Gasteiger partial charge is 0.457 e. The number of hydrogen-bond donors (Lipinski definition) is 0. The zero-order chi connectivity index (χ0) is 31.6. The molecule has 2 aromatic heterocycles. The first-order valence-electron chi connectivity index (χ1n) is 14.0. The van der Waals surface area contributed by atoms with Crippen molar-refractivity contribution in [2.45, 2.75) is 46.3 Å². The van der Waals surface area contributed by atoms with Crippen molar-refractivity contribution < 1.29 is 27.5 Å². The van der Waals surface area contributed by atoms with Crippen LogP contribution in [-0.2, 0) is 28.7 Å². The van der Waals surface area contributed by atoms with Gasteiger partial charge in [0.25, 0.3) is 5.56 Å². The molecular weight excluding hydrogens is 571 g/mol. The van der Waals surface area contributed by atoms with Crippen molar-refractivity contribution in [3.05, 3.63) is 129 Å². The van der Waals surface area contributed by atoms with E-state index in [1.165, 1.54) is 10.6 Å². The normalized spacial score (nSPS) is 11.6. The van der Waals surface area contributed by atoms with Crippen molar-refractivity contribution in [1.82, 2.24) is 14.1 Å². The number of ether oxygens (including phenoxy) is 1. The number of rotatable bonds is 9. The van der Waals surface area contributed by atoms with Gasteiger partial charge in [0.05, 0.1) is 29.6 Å². The molecule has 7 nitrogen and oxygen atoms in total. The van der Waals surface area contributed by atoms with Crippen LogP contribution in [0.15, 0.2) is 83.7 Å². The van der Waals surface area contributed by atoms with Crippen molar-refractivity contribution in [3.8, 4) is 5.69 Å². The molecule has 0 N–H and O–H groups in total. The highest BCUT2D eigenvalue weighted by Gasteiger charge is 2.31. The van der Waals surface area contributed by atoms with Gasteiger partial charge in [-0.25, -0.2) is 4.98 Å². The molecule has 0 radical (unpaired) electrons. The summed E-state index contributed by atoms with van der Waals surface area (Å²) in [5.41, 5.74) is 3.52. The lowest BCUT2D eigenvalue weighted by Gasteiger charge is -2.14. The third kappa shape index (κ3) is 6.49. The quantitative estimate of drug-likeness (QED) is 0.142. The SMILES string of the molecule is Cc1ccc(-n2c(C)cc(C(=O)COC(=O)CCc3nc4cc(C(F)(F)F)ccc4n(Cc4ccccc4)c3=O)c2C)cc1. The molecule has 0 atom stereocenters. The Hall–Kier alpha value is -4.99. The fourth-order valence-corrected chi connectivity index (χ4v) is 5.21. The van der Waals surface area contributed by atoms with Gasteiger partial charge in [-0.15, -0.1) is 0 Å². The molecule has 5 aromatic rings. The summed E-state index contributed by atoms with van der Waals surface area (Å²) in [6.45, 7) is 5.31. The molecule has 0 saturated carbocycles. The number of alkyl halides is 3. The molecule has 10 heteroatoms. The highest BCUT2D eigenvalue weighted by Crippen LogP contribution is 2.31. The predicted molar refractivity (Wildman–Crippen MR) is 160 cm³/mol. The standard InChI is InChI=1S/C34H30F3N3O4/c1-21-9-12-26(13-10-21)40-22(2)17-27(23(40)3)31(41)20-44-32(42)16-14-28-33(43)39(19-24-7-5-4-6-8-24)30-15-11-25(34(35,36)37)18-29(30)38-28/h4-13,15,17-18H,14,16,19-20H2,1-3H3. The zero-order valence-corrected chi connectivity index (χ0v) is 24.4. The molecule has 2 heterocycles. The van der Waals surface area contributed by atoms with Gasteiger partial charge in [-0.05, 0) is 62.7 Å². The van der Waals surface area contributed by atoms with Crippen LogP contribution in [0.5, 0.6) is 0 Å². The number of ketones is 1. The first-order valence-corrected chi connectivity index (χ1v) is 14.0. The summed E-state index contributed by atoms with van der Waals surface area (Å²) in [5, 5.41) is 0. The van der Waals surface area contributed by atoms with Crippen molar-refractivity contribution in [2.75, 3.05) is 6.61 Å². The Balaban J connectivity index is 1.32. The minimum Gasteiger partial charge on any atom is -0.457 e. The maximum absolute atomic E-state index is 13.4. The Bertz CT molecular complexity index is 1910. The smallest absolute Gasteiger partial charge is 0.416 e. The van der Waals surface area contributed by atoms with Crippen molar-refractivity contribution in [2.24, 2.45) is 0 Å². The first-order chi connectivity index (χ1) is 20.9. The van der Waals surface area contributed by atoms with E-state index in [4.69, 9.17) is 4.74 Å². The summed E-state index contributed by atoms with van der Waals surface area (Å²) >= 11 is 0. The molecule has 0 aliphatic carbocycles. The minimum atomic E-state index is -4.59. The molecule has 0 fully saturated rings. The number of fused-ring (bicyclic) bond motifs is 1. The molecule has 0 bridgehead atoms. The van der Waals surface area contributed by atoms with Crippen LogP contribution in [0.1, 0.15) is 50.6 Å². The van der Waals surface area contributed by atoms with E-state index < -0.39 is 29.9 Å². The summed E-state index contributed by atoms with van der Waals surface area (Å²) < 4.78 is 48.8. The number of aromatic nitrogens is 3. The van der Waals surface area contributed by atoms with Crippen LogP contribution in [0.25, 0.3) is 16.7 Å². The van der Waals surface area contributed by atoms with Crippen LogP contribution in [0.3, 0.4) is 0 Å². The second kappa shape index (κ2) is 12.3. The van der Waals surface area contributed by atoms with Crippen LogP contribution in [0.4, 0.5) is 13.2 Å². The number of carbonyl (C=O) groups excluding carboxylic acids is 2. The lowest BCUT2D eigenvalue weighted by atomic mass is 10.1. The van der Waals surface area contributed by atoms with Crippen LogP contribution < -0.4 is 5.56 Å². The molecule has 226 valence electrons. The highest BCUT2D eigenvalue weighted by molar-refractivity contribution is 5.99. The van der Waals surface area contributed by atoms with Gasteiger partial charge in [0.2, 0.25) is 5.78 Å². The molecule has 0 unspecified atom stereocenters. The minimum absolute atomic E-state index is 0.0159. The van der Waals surface area contributed by atoms with Crippen LogP contribution in [0.2, 0.25) is 0 Å². The second-order valence-electron chi connectivity index (χ2n) is 10.7. The van der Waals surface area contributed by atoms with E-state index in [0.29, 0.717) is 11.3 Å². The maximum Gasteiger partial charge on any atom is 0.416 e. The topological polar surface area (TPSA) is 83.2 Å². The van der Waals surface area contributed by atoms with Crippen LogP contribution >= 0.6 is 0 Å². The average molecular weight is 602 g/mol. The maximum atomic E-state index is 13.4. The summed E-state index contributed by atoms with van der Waals surface area (Å²) in [5.74, 6) is -1.11. The Labute approximate surface area is 251 Å². The van der Waals surface area contributed by atoms with E-state index in [1.807, 2.05) is 55.7 Å². The molecular formula is C34H30F3N3O4. The Kier molecular flexibility index (Phi) is 8.53. The number of carbonyl (C=O) groups is 2. The van der Waals surface area contributed by atoms with Gasteiger partial charge in [0, 0.05) is 29.1 Å². The number of hydrogen-bond acceptors (Lipinski definition) is 5. The monoisotopic (exact) mass is 601 g/mol. The summed E-state index contributed by atoms with van der Waals surface area (Å²) in [4.78, 5) is 43.2. The summed E-state index contributed by atoms with van der Waals surface area (Å²) in [7, 11) is 0. The van der Waals surface area contributed by atoms with Gasteiger partial charge in [-0.2, -0.15) is 13.2 Å². The highest BCUT2D eigenvalue weighted by atomic mass is 19.4. The van der Waals surface area contributed by atoms with E-state index in [1.54, 1.807) is 30.3 Å². The molecule has 5 rings (SSSR count). The number of nitrogens with zero attached hydrogens (tertiary/aromatic N) is 3. The Morgan fingerprint density at radius 1 is 0.909 bits per heavy atom. The van der Waals surface area contributed by atoms with Crippen molar-refractivity contribution in [1.29, 1.82) is 0 Å². The van der Waals surface area contributed by atoms with Crippen LogP contribution in [0, 0.1) is 20.8 Å². The number of benzene rings is 3. The van der Waals surface area contributed by atoms with Gasteiger partial charge >= 0.3 is 12.1 Å². The summed E-state index contributed by atoms with van der Waals surface area (Å²) in [6.07, 6.45) is -5.05. The fraction of sp³-hybridized carbons (Fsp3) is 0.235. The van der Waals surface area contributed by atoms with Crippen molar-refractivity contribution >= 4 is 22.8 Å². The molecule has 0 spiro atoms. The van der Waals surface area contributed by atoms with Gasteiger partial charge in [0.1, 0.15) is 5.69 Å². The summed E-state index contributed by atoms with van der Waals surface area (Å²) in [6, 6.07) is 21.7. The predicted octanol–water partition coefficient (Wildman–Crippen LogP) is 6.54. The van der Waals surface area contributed by atoms with Crippen molar-refractivity contribution in [3.63, 3.8) is 0 Å². The number of esters is 1.